The summed E-state index contributed by atoms with van der Waals surface area (Å²) < 4.78 is 30.7. The summed E-state index contributed by atoms with van der Waals surface area (Å²) in [5, 5.41) is 11.3. The van der Waals surface area contributed by atoms with Crippen LogP contribution in [0, 0.1) is 17.8 Å². The number of alkyl halides is 2. The molecule has 1 amide bonds. The molecule has 0 heterocycles. The number of nitrogens with one attached hydrogen (secondary N) is 1. The Hall–Kier alpha value is -1.66. The van der Waals surface area contributed by atoms with E-state index in [-0.39, 0.29) is 19.4 Å². The predicted octanol–water partition coefficient (Wildman–Crippen LogP) is 1.64. The zero-order valence-electron chi connectivity index (χ0n) is 10.1. The second kappa shape index (κ2) is 4.79. The van der Waals surface area contributed by atoms with Crippen LogP contribution in [0.5, 0.6) is 0 Å². The highest BCUT2D eigenvalue weighted by Gasteiger charge is 2.72. The van der Waals surface area contributed by atoms with Gasteiger partial charge in [0.25, 0.3) is 5.92 Å². The first-order chi connectivity index (χ1) is 8.87. The fourth-order valence-electron chi connectivity index (χ4n) is 2.81. The molecular formula is C12H15F2NO4. The Morgan fingerprint density at radius 3 is 2.53 bits per heavy atom. The Balaban J connectivity index is 1.90. The van der Waals surface area contributed by atoms with Crippen LogP contribution in [-0.2, 0) is 9.53 Å². The molecule has 2 aliphatic rings. The highest BCUT2D eigenvalue weighted by Crippen LogP contribution is 2.66. The molecule has 0 saturated heterocycles. The van der Waals surface area contributed by atoms with Gasteiger partial charge in [0, 0.05) is 11.8 Å². The Kier molecular flexibility index (Phi) is 3.47. The lowest BCUT2D eigenvalue weighted by atomic mass is 9.94. The summed E-state index contributed by atoms with van der Waals surface area (Å²) >= 11 is 0. The maximum absolute atomic E-state index is 13.0. The Morgan fingerprint density at radius 2 is 2.05 bits per heavy atom. The molecule has 3 unspecified atom stereocenters. The number of hydrogen-bond donors (Lipinski definition) is 2. The predicted molar refractivity (Wildman–Crippen MR) is 60.8 cm³/mol. The van der Waals surface area contributed by atoms with Crippen molar-refractivity contribution in [1.29, 1.82) is 0 Å². The number of ether oxygens (including phenoxy) is 1. The van der Waals surface area contributed by atoms with Crippen molar-refractivity contribution in [3.05, 3.63) is 12.7 Å². The van der Waals surface area contributed by atoms with Gasteiger partial charge >= 0.3 is 12.1 Å². The number of carboxylic acid groups (broad SMARTS) is 1. The van der Waals surface area contributed by atoms with Crippen LogP contribution in [0.3, 0.4) is 0 Å². The van der Waals surface area contributed by atoms with E-state index in [1.165, 1.54) is 6.08 Å². The number of amides is 1. The van der Waals surface area contributed by atoms with E-state index < -0.39 is 41.8 Å². The molecule has 0 aromatic rings. The molecule has 2 saturated carbocycles. The highest BCUT2D eigenvalue weighted by molar-refractivity contribution is 5.80. The first-order valence-electron chi connectivity index (χ1n) is 6.02. The van der Waals surface area contributed by atoms with Crippen molar-refractivity contribution in [3.63, 3.8) is 0 Å². The number of alkyl carbamates (subject to hydrolysis) is 1. The monoisotopic (exact) mass is 275 g/mol. The molecule has 7 heteroatoms. The van der Waals surface area contributed by atoms with Crippen LogP contribution in [0.1, 0.15) is 12.8 Å². The van der Waals surface area contributed by atoms with Gasteiger partial charge in [-0.1, -0.05) is 12.7 Å². The van der Waals surface area contributed by atoms with Gasteiger partial charge in [0.2, 0.25) is 0 Å². The molecule has 19 heavy (non-hydrogen) atoms. The molecule has 2 fully saturated rings. The van der Waals surface area contributed by atoms with Crippen molar-refractivity contribution in [2.24, 2.45) is 17.8 Å². The molecule has 0 aliphatic heterocycles. The Bertz CT molecular complexity index is 399. The van der Waals surface area contributed by atoms with Gasteiger partial charge in [0.15, 0.2) is 0 Å². The topological polar surface area (TPSA) is 75.6 Å². The van der Waals surface area contributed by atoms with Gasteiger partial charge in [-0.2, -0.15) is 0 Å². The number of fused-ring (bicyclic) bond motifs is 1. The number of hydrogen-bond acceptors (Lipinski definition) is 3. The zero-order chi connectivity index (χ0) is 14.2. The number of aliphatic carboxylic acids is 1. The fraction of sp³-hybridized carbons (Fsp3) is 0.667. The van der Waals surface area contributed by atoms with Crippen LogP contribution < -0.4 is 5.32 Å². The van der Waals surface area contributed by atoms with Crippen molar-refractivity contribution in [2.45, 2.75) is 24.8 Å². The lowest BCUT2D eigenvalue weighted by molar-refractivity contribution is -0.141. The molecule has 0 radical (unpaired) electrons. The summed E-state index contributed by atoms with van der Waals surface area (Å²) in [5.74, 6) is -5.81. The summed E-state index contributed by atoms with van der Waals surface area (Å²) in [4.78, 5) is 22.4. The van der Waals surface area contributed by atoms with Crippen LogP contribution in [0.2, 0.25) is 0 Å². The van der Waals surface area contributed by atoms with E-state index in [0.717, 1.165) is 0 Å². The highest BCUT2D eigenvalue weighted by atomic mass is 19.3. The van der Waals surface area contributed by atoms with E-state index in [4.69, 9.17) is 5.11 Å². The molecule has 2 rings (SSSR count). The van der Waals surface area contributed by atoms with Gasteiger partial charge < -0.3 is 15.2 Å². The van der Waals surface area contributed by atoms with Gasteiger partial charge in [0.1, 0.15) is 12.6 Å². The summed E-state index contributed by atoms with van der Waals surface area (Å²) in [6.07, 6.45) is 0.715. The number of halogens is 2. The number of carboxylic acids is 1. The van der Waals surface area contributed by atoms with E-state index in [0.29, 0.717) is 0 Å². The zero-order valence-corrected chi connectivity index (χ0v) is 10.1. The van der Waals surface area contributed by atoms with Crippen LogP contribution in [0.25, 0.3) is 0 Å². The van der Waals surface area contributed by atoms with Crippen LogP contribution >= 0.6 is 0 Å². The maximum atomic E-state index is 13.0. The third-order valence-corrected chi connectivity index (χ3v) is 3.82. The van der Waals surface area contributed by atoms with Gasteiger partial charge in [-0.15, -0.1) is 0 Å². The molecule has 0 spiro atoms. The normalized spacial score (nSPS) is 32.0. The van der Waals surface area contributed by atoms with Gasteiger partial charge in [-0.3, -0.25) is 0 Å². The van der Waals surface area contributed by atoms with E-state index in [2.05, 4.69) is 16.6 Å². The number of carbonyl (C=O) groups is 2. The molecule has 0 aromatic heterocycles. The van der Waals surface area contributed by atoms with Crippen molar-refractivity contribution in [1.82, 2.24) is 5.32 Å². The molecule has 106 valence electrons. The van der Waals surface area contributed by atoms with Crippen molar-refractivity contribution >= 4 is 12.1 Å². The van der Waals surface area contributed by atoms with Gasteiger partial charge in [0.05, 0.1) is 0 Å². The van der Waals surface area contributed by atoms with Crippen LogP contribution in [0.4, 0.5) is 13.6 Å². The summed E-state index contributed by atoms with van der Waals surface area (Å²) in [6.45, 7) is 3.32. The van der Waals surface area contributed by atoms with Crippen molar-refractivity contribution in [2.75, 3.05) is 6.61 Å². The average molecular weight is 275 g/mol. The van der Waals surface area contributed by atoms with Crippen molar-refractivity contribution in [3.8, 4) is 0 Å². The molecular weight excluding hydrogens is 260 g/mol. The smallest absolute Gasteiger partial charge is 0.408 e. The van der Waals surface area contributed by atoms with E-state index in [9.17, 15) is 18.4 Å². The lowest BCUT2D eigenvalue weighted by Gasteiger charge is -2.22. The SMILES string of the molecule is C=CCOC(=O)NC(C(=O)O)C1CC2C(C1)C2(F)F. The minimum atomic E-state index is -2.65. The summed E-state index contributed by atoms with van der Waals surface area (Å²) in [5.41, 5.74) is 0. The largest absolute Gasteiger partial charge is 0.480 e. The molecule has 2 aliphatic carbocycles. The second-order valence-electron chi connectivity index (χ2n) is 4.97. The third kappa shape index (κ3) is 2.54. The number of rotatable bonds is 5. The quantitative estimate of drug-likeness (QED) is 0.748. The molecule has 0 bridgehead atoms. The first kappa shape index (κ1) is 13.8. The van der Waals surface area contributed by atoms with Crippen molar-refractivity contribution < 1.29 is 28.2 Å². The van der Waals surface area contributed by atoms with E-state index in [1.807, 2.05) is 0 Å². The van der Waals surface area contributed by atoms with E-state index >= 15 is 0 Å². The molecule has 0 aromatic carbocycles. The summed E-state index contributed by atoms with van der Waals surface area (Å²) in [6, 6.07) is -1.18. The standard InChI is InChI=1S/C12H15F2NO4/c1-2-3-19-11(18)15-9(10(16)17)6-4-7-8(5-6)12(7,13)14/h2,6-9H,1,3-5H2,(H,15,18)(H,16,17). The average Bonchev–Trinajstić information content (AvgIpc) is 2.73. The Labute approximate surface area is 108 Å². The fourth-order valence-corrected chi connectivity index (χ4v) is 2.81. The van der Waals surface area contributed by atoms with Gasteiger partial charge in [-0.25, -0.2) is 18.4 Å². The Morgan fingerprint density at radius 1 is 1.47 bits per heavy atom. The van der Waals surface area contributed by atoms with Crippen LogP contribution in [0.15, 0.2) is 12.7 Å². The summed E-state index contributed by atoms with van der Waals surface area (Å²) in [7, 11) is 0. The van der Waals surface area contributed by atoms with Gasteiger partial charge in [-0.05, 0) is 18.8 Å². The second-order valence-corrected chi connectivity index (χ2v) is 4.97. The molecule has 2 N–H and O–H groups in total. The van der Waals surface area contributed by atoms with E-state index in [1.54, 1.807) is 0 Å². The number of carbonyl (C=O) groups excluding carboxylic acids is 1. The third-order valence-electron chi connectivity index (χ3n) is 3.82. The van der Waals surface area contributed by atoms with Crippen LogP contribution in [-0.4, -0.2) is 35.7 Å². The lowest BCUT2D eigenvalue weighted by Crippen LogP contribution is -2.46. The molecule has 5 nitrogen and oxygen atoms in total. The maximum Gasteiger partial charge on any atom is 0.408 e. The minimum absolute atomic E-state index is 0.0356. The first-order valence-corrected chi connectivity index (χ1v) is 6.02. The molecule has 3 atom stereocenters. The minimum Gasteiger partial charge on any atom is -0.480 e.